The van der Waals surface area contributed by atoms with Crippen LogP contribution >= 0.6 is 0 Å². The molecule has 1 aromatic rings. The lowest BCUT2D eigenvalue weighted by atomic mass is 10.00. The molecule has 0 spiro atoms. The van der Waals surface area contributed by atoms with Crippen molar-refractivity contribution in [1.82, 2.24) is 14.9 Å². The van der Waals surface area contributed by atoms with E-state index in [1.54, 1.807) is 4.90 Å². The van der Waals surface area contributed by atoms with Gasteiger partial charge in [-0.3, -0.25) is 4.79 Å². The number of nitrogens with zero attached hydrogens (tertiary/aromatic N) is 2. The van der Waals surface area contributed by atoms with Crippen LogP contribution in [0.2, 0.25) is 0 Å². The summed E-state index contributed by atoms with van der Waals surface area (Å²) in [6.07, 6.45) is 2.57. The van der Waals surface area contributed by atoms with E-state index in [0.29, 0.717) is 19.0 Å². The van der Waals surface area contributed by atoms with Gasteiger partial charge in [0.15, 0.2) is 11.4 Å². The summed E-state index contributed by atoms with van der Waals surface area (Å²) < 4.78 is 0. The normalized spacial score (nSPS) is 29.5. The molecule has 1 aromatic heterocycles. The van der Waals surface area contributed by atoms with Crippen molar-refractivity contribution in [3.05, 3.63) is 17.7 Å². The number of aliphatic hydroxyl groups excluding tert-OH is 1. The highest BCUT2D eigenvalue weighted by Gasteiger charge is 2.44. The third-order valence-corrected chi connectivity index (χ3v) is 4.16. The molecule has 3 atom stereocenters. The van der Waals surface area contributed by atoms with E-state index in [9.17, 15) is 14.7 Å². The molecule has 102 valence electrons. The number of carbonyl (C=O) groups is 2. The van der Waals surface area contributed by atoms with Crippen molar-refractivity contribution < 1.29 is 19.8 Å². The number of carboxylic acids is 1. The number of likely N-dealkylation sites (tertiary alicyclic amines) is 1. The third kappa shape index (κ3) is 1.90. The first-order valence-corrected chi connectivity index (χ1v) is 6.32. The first-order chi connectivity index (χ1) is 9.08. The molecule has 2 heterocycles. The predicted molar refractivity (Wildman–Crippen MR) is 63.7 cm³/mol. The van der Waals surface area contributed by atoms with E-state index in [4.69, 9.17) is 5.11 Å². The monoisotopic (exact) mass is 265 g/mol. The van der Waals surface area contributed by atoms with Crippen LogP contribution in [0.25, 0.3) is 0 Å². The second-order valence-corrected chi connectivity index (χ2v) is 5.21. The molecule has 3 rings (SSSR count). The van der Waals surface area contributed by atoms with Crippen molar-refractivity contribution in [1.29, 1.82) is 0 Å². The van der Waals surface area contributed by atoms with Crippen molar-refractivity contribution >= 4 is 11.9 Å². The summed E-state index contributed by atoms with van der Waals surface area (Å²) in [5, 5.41) is 18.8. The number of carbonyl (C=O) groups excluding carboxylic acids is 1. The highest BCUT2D eigenvalue weighted by molar-refractivity contribution is 6.02. The summed E-state index contributed by atoms with van der Waals surface area (Å²) in [6, 6.07) is 0. The fraction of sp³-hybridized carbons (Fsp3) is 0.583. The Morgan fingerprint density at radius 1 is 1.37 bits per heavy atom. The number of aromatic amines is 1. The van der Waals surface area contributed by atoms with E-state index < -0.39 is 5.97 Å². The number of aromatic nitrogens is 2. The molecular weight excluding hydrogens is 250 g/mol. The number of hydrogen-bond acceptors (Lipinski definition) is 4. The van der Waals surface area contributed by atoms with Crippen LogP contribution in [0, 0.1) is 11.8 Å². The maximum absolute atomic E-state index is 12.3. The zero-order valence-electron chi connectivity index (χ0n) is 10.2. The molecule has 19 heavy (non-hydrogen) atoms. The minimum absolute atomic E-state index is 0.0537. The van der Waals surface area contributed by atoms with Gasteiger partial charge in [-0.25, -0.2) is 9.78 Å². The summed E-state index contributed by atoms with van der Waals surface area (Å²) in [5.74, 6) is -1.12. The standard InChI is InChI=1S/C12H15N3O4/c16-8-2-1-6-3-15(4-7(6)8)11(17)9-10(12(18)19)14-5-13-9/h5-8,16H,1-4H2,(H,13,14)(H,18,19). The fourth-order valence-electron chi connectivity index (χ4n) is 3.17. The lowest BCUT2D eigenvalue weighted by Crippen LogP contribution is -2.32. The molecule has 1 aliphatic carbocycles. The van der Waals surface area contributed by atoms with Gasteiger partial charge in [-0.1, -0.05) is 0 Å². The Hall–Kier alpha value is -1.89. The minimum atomic E-state index is -1.19. The summed E-state index contributed by atoms with van der Waals surface area (Å²) in [5.41, 5.74) is -0.232. The highest BCUT2D eigenvalue weighted by atomic mass is 16.4. The average molecular weight is 265 g/mol. The number of H-pyrrole nitrogens is 1. The molecule has 1 saturated heterocycles. The molecule has 1 aliphatic heterocycles. The Morgan fingerprint density at radius 2 is 2.16 bits per heavy atom. The van der Waals surface area contributed by atoms with Gasteiger partial charge in [0, 0.05) is 19.0 Å². The predicted octanol–water partition coefficient (Wildman–Crippen LogP) is -0.0492. The van der Waals surface area contributed by atoms with Gasteiger partial charge in [0.2, 0.25) is 0 Å². The summed E-state index contributed by atoms with van der Waals surface area (Å²) >= 11 is 0. The molecular formula is C12H15N3O4. The van der Waals surface area contributed by atoms with Gasteiger partial charge in [0.25, 0.3) is 5.91 Å². The van der Waals surface area contributed by atoms with E-state index in [1.807, 2.05) is 0 Å². The van der Waals surface area contributed by atoms with Crippen LogP contribution in [0.4, 0.5) is 0 Å². The van der Waals surface area contributed by atoms with Crippen molar-refractivity contribution in [2.75, 3.05) is 13.1 Å². The number of aromatic carboxylic acids is 1. The van der Waals surface area contributed by atoms with E-state index in [0.717, 1.165) is 12.8 Å². The topological polar surface area (TPSA) is 107 Å². The largest absolute Gasteiger partial charge is 0.477 e. The SMILES string of the molecule is O=C(O)c1[nH]cnc1C(=O)N1CC2CCC(O)C2C1. The average Bonchev–Trinajstić information content (AvgIpc) is 3.05. The first kappa shape index (κ1) is 12.2. The highest BCUT2D eigenvalue weighted by Crippen LogP contribution is 2.38. The number of imidazole rings is 1. The van der Waals surface area contributed by atoms with Gasteiger partial charge < -0.3 is 20.1 Å². The molecule has 1 saturated carbocycles. The van der Waals surface area contributed by atoms with Gasteiger partial charge in [-0.2, -0.15) is 0 Å². The van der Waals surface area contributed by atoms with Crippen LogP contribution in [-0.2, 0) is 0 Å². The summed E-state index contributed by atoms with van der Waals surface area (Å²) in [4.78, 5) is 31.1. The Labute approximate surface area is 109 Å². The van der Waals surface area contributed by atoms with E-state index in [1.165, 1.54) is 6.33 Å². The molecule has 2 aliphatic rings. The van der Waals surface area contributed by atoms with Crippen LogP contribution in [0.5, 0.6) is 0 Å². The van der Waals surface area contributed by atoms with Crippen molar-refractivity contribution in [3.63, 3.8) is 0 Å². The Balaban J connectivity index is 1.79. The number of aliphatic hydroxyl groups is 1. The zero-order chi connectivity index (χ0) is 13.6. The molecule has 7 nitrogen and oxygen atoms in total. The smallest absolute Gasteiger partial charge is 0.354 e. The Bertz CT molecular complexity index is 527. The van der Waals surface area contributed by atoms with Crippen molar-refractivity contribution in [2.24, 2.45) is 11.8 Å². The number of fused-ring (bicyclic) bond motifs is 1. The molecule has 7 heteroatoms. The molecule has 0 aromatic carbocycles. The second kappa shape index (κ2) is 4.34. The van der Waals surface area contributed by atoms with Gasteiger partial charge in [-0.15, -0.1) is 0 Å². The van der Waals surface area contributed by atoms with Gasteiger partial charge in [-0.05, 0) is 18.8 Å². The molecule has 0 bridgehead atoms. The molecule has 3 N–H and O–H groups in total. The third-order valence-electron chi connectivity index (χ3n) is 4.16. The number of nitrogens with one attached hydrogen (secondary N) is 1. The summed E-state index contributed by atoms with van der Waals surface area (Å²) in [6.45, 7) is 1.06. The fourth-order valence-corrected chi connectivity index (χ4v) is 3.17. The molecule has 3 unspecified atom stereocenters. The van der Waals surface area contributed by atoms with Crippen LogP contribution in [-0.4, -0.2) is 56.2 Å². The van der Waals surface area contributed by atoms with Gasteiger partial charge >= 0.3 is 5.97 Å². The zero-order valence-corrected chi connectivity index (χ0v) is 10.2. The lowest BCUT2D eigenvalue weighted by Gasteiger charge is -2.17. The van der Waals surface area contributed by atoms with Crippen molar-refractivity contribution in [2.45, 2.75) is 18.9 Å². The molecule has 1 amide bonds. The Kier molecular flexibility index (Phi) is 2.78. The van der Waals surface area contributed by atoms with Crippen LogP contribution in [0.15, 0.2) is 6.33 Å². The summed E-state index contributed by atoms with van der Waals surface area (Å²) in [7, 11) is 0. The van der Waals surface area contributed by atoms with Gasteiger partial charge in [0.05, 0.1) is 12.4 Å². The lowest BCUT2D eigenvalue weighted by molar-refractivity contribution is 0.0667. The number of amides is 1. The van der Waals surface area contributed by atoms with Crippen molar-refractivity contribution in [3.8, 4) is 0 Å². The number of carboxylic acid groups (broad SMARTS) is 1. The minimum Gasteiger partial charge on any atom is -0.477 e. The maximum Gasteiger partial charge on any atom is 0.354 e. The van der Waals surface area contributed by atoms with Crippen LogP contribution in [0.3, 0.4) is 0 Å². The Morgan fingerprint density at radius 3 is 2.84 bits per heavy atom. The molecule has 2 fully saturated rings. The number of hydrogen-bond donors (Lipinski definition) is 3. The molecule has 0 radical (unpaired) electrons. The van der Waals surface area contributed by atoms with Gasteiger partial charge in [0.1, 0.15) is 0 Å². The van der Waals surface area contributed by atoms with E-state index >= 15 is 0 Å². The maximum atomic E-state index is 12.3. The van der Waals surface area contributed by atoms with E-state index in [-0.39, 0.29) is 29.3 Å². The van der Waals surface area contributed by atoms with E-state index in [2.05, 4.69) is 9.97 Å². The van der Waals surface area contributed by atoms with Crippen LogP contribution < -0.4 is 0 Å². The quantitative estimate of drug-likeness (QED) is 0.695. The first-order valence-electron chi connectivity index (χ1n) is 6.32. The second-order valence-electron chi connectivity index (χ2n) is 5.21. The van der Waals surface area contributed by atoms with Crippen LogP contribution in [0.1, 0.15) is 33.8 Å². The number of rotatable bonds is 2.